The summed E-state index contributed by atoms with van der Waals surface area (Å²) < 4.78 is 27.2. The monoisotopic (exact) mass is 389 g/mol. The normalized spacial score (nSPS) is 24.4. The Labute approximate surface area is 159 Å². The molecule has 148 valence electrons. The van der Waals surface area contributed by atoms with Crippen molar-refractivity contribution in [3.05, 3.63) is 34.4 Å². The van der Waals surface area contributed by atoms with E-state index in [0.29, 0.717) is 30.9 Å². The Morgan fingerprint density at radius 2 is 2.14 bits per heavy atom. The smallest absolute Gasteiger partial charge is 0.449 e. The van der Waals surface area contributed by atoms with Crippen molar-refractivity contribution >= 4 is 22.7 Å². The number of halogens is 1. The quantitative estimate of drug-likeness (QED) is 0.772. The molecule has 2 aliphatic heterocycles. The van der Waals surface area contributed by atoms with Gasteiger partial charge in [-0.2, -0.15) is 0 Å². The van der Waals surface area contributed by atoms with Gasteiger partial charge in [-0.1, -0.05) is 0 Å². The molecule has 0 unspecified atom stereocenters. The molecule has 1 saturated carbocycles. The van der Waals surface area contributed by atoms with Gasteiger partial charge in [-0.05, 0) is 25.0 Å². The van der Waals surface area contributed by atoms with E-state index in [9.17, 15) is 14.0 Å². The molecule has 2 saturated heterocycles. The molecular formula is C19H20FN3O5. The van der Waals surface area contributed by atoms with Crippen LogP contribution in [0.15, 0.2) is 23.1 Å². The average molecular weight is 389 g/mol. The highest BCUT2D eigenvalue weighted by Gasteiger charge is 2.37. The average Bonchev–Trinajstić information content (AvgIpc) is 3.41. The van der Waals surface area contributed by atoms with E-state index in [2.05, 4.69) is 10.1 Å². The van der Waals surface area contributed by atoms with Gasteiger partial charge in [-0.15, -0.1) is 0 Å². The number of benzene rings is 1. The first kappa shape index (κ1) is 17.4. The number of rotatable bonds is 3. The van der Waals surface area contributed by atoms with Gasteiger partial charge >= 0.3 is 6.16 Å². The number of morpholine rings is 1. The number of carbonyl (C=O) groups is 1. The predicted molar refractivity (Wildman–Crippen MR) is 98.8 cm³/mol. The zero-order chi connectivity index (χ0) is 19.4. The molecule has 1 aromatic carbocycles. The predicted octanol–water partition coefficient (Wildman–Crippen LogP) is 1.71. The number of anilines is 1. The van der Waals surface area contributed by atoms with E-state index in [1.807, 2.05) is 9.47 Å². The van der Waals surface area contributed by atoms with Crippen LogP contribution in [-0.2, 0) is 4.74 Å². The third-order valence-electron chi connectivity index (χ3n) is 5.65. The minimum absolute atomic E-state index is 0.0146. The molecule has 28 heavy (non-hydrogen) atoms. The van der Waals surface area contributed by atoms with Gasteiger partial charge in [-0.3, -0.25) is 4.79 Å². The molecule has 0 bridgehead atoms. The molecule has 3 aliphatic rings. The Morgan fingerprint density at radius 3 is 2.86 bits per heavy atom. The van der Waals surface area contributed by atoms with Gasteiger partial charge < -0.3 is 29.4 Å². The van der Waals surface area contributed by atoms with Crippen LogP contribution in [0.4, 0.5) is 14.9 Å². The van der Waals surface area contributed by atoms with Crippen molar-refractivity contribution < 1.29 is 23.8 Å². The lowest BCUT2D eigenvalue weighted by molar-refractivity contribution is 0.0212. The third-order valence-corrected chi connectivity index (χ3v) is 5.65. The van der Waals surface area contributed by atoms with E-state index in [0.717, 1.165) is 19.4 Å². The molecule has 2 atom stereocenters. The van der Waals surface area contributed by atoms with Gasteiger partial charge in [0.15, 0.2) is 5.75 Å². The summed E-state index contributed by atoms with van der Waals surface area (Å²) in [5.74, 6) is -0.818. The van der Waals surface area contributed by atoms with Crippen LogP contribution in [0.5, 0.6) is 5.75 Å². The lowest BCUT2D eigenvalue weighted by atomic mass is 10.1. The molecule has 3 fully saturated rings. The van der Waals surface area contributed by atoms with Gasteiger partial charge in [-0.25, -0.2) is 9.18 Å². The first-order valence-electron chi connectivity index (χ1n) is 9.40. The standard InChI is InChI=1S/C19H20FN3O5/c20-12-5-11-14(6-15(12)22-7-13-16(8-22)27-4-3-21-13)23(10-1-2-10)9-17(18(11)24)28-19(25)26/h5-6,9-10,13,16,21H,1-4,7-8H2,(H,25,26)/t13-,16+/m0/s1. The largest absolute Gasteiger partial charge is 0.511 e. The topological polar surface area (TPSA) is 93.0 Å². The second-order valence-corrected chi connectivity index (χ2v) is 7.52. The van der Waals surface area contributed by atoms with Gasteiger partial charge in [0.05, 0.1) is 41.5 Å². The van der Waals surface area contributed by atoms with Crippen LogP contribution in [0.25, 0.3) is 10.9 Å². The minimum Gasteiger partial charge on any atom is -0.449 e. The second-order valence-electron chi connectivity index (χ2n) is 7.52. The molecule has 1 aromatic heterocycles. The highest BCUT2D eigenvalue weighted by molar-refractivity contribution is 5.85. The Morgan fingerprint density at radius 1 is 1.32 bits per heavy atom. The Balaban J connectivity index is 1.61. The molecule has 0 spiro atoms. The molecular weight excluding hydrogens is 369 g/mol. The van der Waals surface area contributed by atoms with E-state index in [4.69, 9.17) is 9.84 Å². The van der Waals surface area contributed by atoms with E-state index in [1.54, 1.807) is 6.07 Å². The van der Waals surface area contributed by atoms with E-state index >= 15 is 0 Å². The number of nitrogens with zero attached hydrogens (tertiary/aromatic N) is 2. The molecule has 0 amide bonds. The number of pyridine rings is 1. The summed E-state index contributed by atoms with van der Waals surface area (Å²) in [6, 6.07) is 3.19. The maximum absolute atomic E-state index is 15.0. The summed E-state index contributed by atoms with van der Waals surface area (Å²) in [5, 5.41) is 12.4. The number of hydrogen-bond acceptors (Lipinski definition) is 6. The number of hydrogen-bond donors (Lipinski definition) is 2. The Hall–Kier alpha value is -2.65. The van der Waals surface area contributed by atoms with Crippen molar-refractivity contribution in [3.63, 3.8) is 0 Å². The van der Waals surface area contributed by atoms with Crippen LogP contribution >= 0.6 is 0 Å². The molecule has 0 radical (unpaired) electrons. The summed E-state index contributed by atoms with van der Waals surface area (Å²) in [4.78, 5) is 25.5. The van der Waals surface area contributed by atoms with Crippen molar-refractivity contribution in [2.24, 2.45) is 0 Å². The van der Waals surface area contributed by atoms with Crippen LogP contribution < -0.4 is 20.4 Å². The van der Waals surface area contributed by atoms with Crippen molar-refractivity contribution in [2.45, 2.75) is 31.0 Å². The molecule has 3 heterocycles. The fourth-order valence-corrected chi connectivity index (χ4v) is 4.19. The van der Waals surface area contributed by atoms with Crippen molar-refractivity contribution in [3.8, 4) is 5.75 Å². The van der Waals surface area contributed by atoms with Crippen molar-refractivity contribution in [1.29, 1.82) is 0 Å². The van der Waals surface area contributed by atoms with Crippen LogP contribution in [0.1, 0.15) is 18.9 Å². The SMILES string of the molecule is O=C(O)Oc1cn(C2CC2)c2cc(N3C[C@@H]4NCCO[C@@H]4C3)c(F)cc2c1=O. The summed E-state index contributed by atoms with van der Waals surface area (Å²) in [6.45, 7) is 2.63. The molecule has 2 N–H and O–H groups in total. The zero-order valence-electron chi connectivity index (χ0n) is 15.1. The van der Waals surface area contributed by atoms with Crippen LogP contribution in [0.2, 0.25) is 0 Å². The molecule has 8 nitrogen and oxygen atoms in total. The summed E-state index contributed by atoms with van der Waals surface area (Å²) in [6.07, 6.45) is 1.71. The van der Waals surface area contributed by atoms with Crippen LogP contribution in [0.3, 0.4) is 0 Å². The van der Waals surface area contributed by atoms with Crippen LogP contribution in [0, 0.1) is 5.82 Å². The van der Waals surface area contributed by atoms with Gasteiger partial charge in [0.1, 0.15) is 5.82 Å². The maximum Gasteiger partial charge on any atom is 0.511 e. The number of aromatic nitrogens is 1. The van der Waals surface area contributed by atoms with E-state index in [1.165, 1.54) is 12.3 Å². The lowest BCUT2D eigenvalue weighted by Gasteiger charge is -2.25. The maximum atomic E-state index is 15.0. The molecule has 2 aromatic rings. The number of carboxylic acid groups (broad SMARTS) is 1. The van der Waals surface area contributed by atoms with E-state index < -0.39 is 17.4 Å². The van der Waals surface area contributed by atoms with E-state index in [-0.39, 0.29) is 29.3 Å². The minimum atomic E-state index is -1.57. The third kappa shape index (κ3) is 2.91. The van der Waals surface area contributed by atoms with Gasteiger partial charge in [0.25, 0.3) is 0 Å². The summed E-state index contributed by atoms with van der Waals surface area (Å²) in [5.41, 5.74) is 0.387. The van der Waals surface area contributed by atoms with Crippen molar-refractivity contribution in [1.82, 2.24) is 9.88 Å². The number of nitrogens with one attached hydrogen (secondary N) is 1. The fourth-order valence-electron chi connectivity index (χ4n) is 4.19. The first-order valence-corrected chi connectivity index (χ1v) is 9.40. The first-order chi connectivity index (χ1) is 13.5. The Bertz CT molecular complexity index is 1000. The van der Waals surface area contributed by atoms with Crippen molar-refractivity contribution in [2.75, 3.05) is 31.1 Å². The summed E-state index contributed by atoms with van der Waals surface area (Å²) >= 11 is 0. The Kier molecular flexibility index (Phi) is 4.02. The highest BCUT2D eigenvalue weighted by atomic mass is 19.1. The van der Waals surface area contributed by atoms with Gasteiger partial charge in [0.2, 0.25) is 5.43 Å². The van der Waals surface area contributed by atoms with Gasteiger partial charge in [0, 0.05) is 25.7 Å². The molecule has 9 heteroatoms. The molecule has 1 aliphatic carbocycles. The zero-order valence-corrected chi connectivity index (χ0v) is 15.1. The van der Waals surface area contributed by atoms with Crippen LogP contribution in [-0.4, -0.2) is 54.2 Å². The molecule has 5 rings (SSSR count). The highest BCUT2D eigenvalue weighted by Crippen LogP contribution is 2.39. The second kappa shape index (κ2) is 6.46. The fraction of sp³-hybridized carbons (Fsp3) is 0.474. The number of fused-ring (bicyclic) bond motifs is 2. The summed E-state index contributed by atoms with van der Waals surface area (Å²) in [7, 11) is 0. The lowest BCUT2D eigenvalue weighted by Crippen LogP contribution is -2.47. The number of ether oxygens (including phenoxy) is 2.